The van der Waals surface area contributed by atoms with Crippen LogP contribution < -0.4 is 5.32 Å². The van der Waals surface area contributed by atoms with Gasteiger partial charge in [0.2, 0.25) is 5.91 Å². The van der Waals surface area contributed by atoms with Crippen molar-refractivity contribution in [3.05, 3.63) is 48.0 Å². The number of benzene rings is 1. The average Bonchev–Trinajstić information content (AvgIpc) is 2.80. The zero-order chi connectivity index (χ0) is 13.8. The highest BCUT2D eigenvalue weighted by molar-refractivity contribution is 5.91. The summed E-state index contributed by atoms with van der Waals surface area (Å²) in [5, 5.41) is 2.93. The quantitative estimate of drug-likeness (QED) is 0.915. The van der Waals surface area contributed by atoms with E-state index in [1.807, 2.05) is 42.0 Å². The molecule has 1 aromatic carbocycles. The fourth-order valence-corrected chi connectivity index (χ4v) is 2.01. The molecule has 2 aromatic rings. The first kappa shape index (κ1) is 13.3. The van der Waals surface area contributed by atoms with Crippen LogP contribution in [0.5, 0.6) is 0 Å². The second-order valence-electron chi connectivity index (χ2n) is 4.93. The lowest BCUT2D eigenvalue weighted by Crippen LogP contribution is -2.20. The van der Waals surface area contributed by atoms with E-state index >= 15 is 0 Å². The molecule has 0 radical (unpaired) electrons. The van der Waals surface area contributed by atoms with Gasteiger partial charge >= 0.3 is 0 Å². The van der Waals surface area contributed by atoms with Crippen LogP contribution in [-0.4, -0.2) is 15.5 Å². The van der Waals surface area contributed by atoms with Gasteiger partial charge in [-0.2, -0.15) is 0 Å². The van der Waals surface area contributed by atoms with E-state index in [4.69, 9.17) is 0 Å². The highest BCUT2D eigenvalue weighted by atomic mass is 16.1. The number of hydrogen-bond donors (Lipinski definition) is 1. The number of para-hydroxylation sites is 1. The standard InChI is InChI=1S/C15H19N3O/c1-11(2)15-16-8-9-18(15)10-14(19)17-13-7-5-4-6-12(13)3/h4-9,11H,10H2,1-3H3,(H,17,19). The number of anilines is 1. The Morgan fingerprint density at radius 1 is 1.37 bits per heavy atom. The third-order valence-electron chi connectivity index (χ3n) is 3.00. The summed E-state index contributed by atoms with van der Waals surface area (Å²) in [5.41, 5.74) is 1.92. The first-order valence-electron chi connectivity index (χ1n) is 6.44. The van der Waals surface area contributed by atoms with Gasteiger partial charge in [-0.3, -0.25) is 4.79 Å². The van der Waals surface area contributed by atoms with E-state index in [1.54, 1.807) is 6.20 Å². The van der Waals surface area contributed by atoms with Gasteiger partial charge in [0.05, 0.1) is 0 Å². The molecule has 2 rings (SSSR count). The second kappa shape index (κ2) is 5.69. The lowest BCUT2D eigenvalue weighted by molar-refractivity contribution is -0.116. The van der Waals surface area contributed by atoms with Crippen LogP contribution >= 0.6 is 0 Å². The lowest BCUT2D eigenvalue weighted by atomic mass is 10.2. The lowest BCUT2D eigenvalue weighted by Gasteiger charge is -2.11. The van der Waals surface area contributed by atoms with E-state index < -0.39 is 0 Å². The minimum absolute atomic E-state index is 0.0331. The van der Waals surface area contributed by atoms with E-state index in [0.717, 1.165) is 17.1 Å². The van der Waals surface area contributed by atoms with Gasteiger partial charge in [-0.25, -0.2) is 4.98 Å². The number of hydrogen-bond acceptors (Lipinski definition) is 2. The SMILES string of the molecule is Cc1ccccc1NC(=O)Cn1ccnc1C(C)C. The van der Waals surface area contributed by atoms with Crippen molar-refractivity contribution in [3.63, 3.8) is 0 Å². The van der Waals surface area contributed by atoms with Crippen molar-refractivity contribution in [3.8, 4) is 0 Å². The van der Waals surface area contributed by atoms with Crippen molar-refractivity contribution in [2.75, 3.05) is 5.32 Å². The number of carbonyl (C=O) groups excluding carboxylic acids is 1. The molecule has 4 heteroatoms. The first-order valence-corrected chi connectivity index (χ1v) is 6.44. The summed E-state index contributed by atoms with van der Waals surface area (Å²) in [4.78, 5) is 16.3. The predicted octanol–water partition coefficient (Wildman–Crippen LogP) is 2.95. The minimum Gasteiger partial charge on any atom is -0.325 e. The molecule has 1 aromatic heterocycles. The normalized spacial score (nSPS) is 10.7. The molecule has 0 saturated carbocycles. The number of rotatable bonds is 4. The van der Waals surface area contributed by atoms with Gasteiger partial charge in [-0.05, 0) is 18.6 Å². The smallest absolute Gasteiger partial charge is 0.244 e. The molecule has 1 N–H and O–H groups in total. The van der Waals surface area contributed by atoms with Crippen LogP contribution in [0.3, 0.4) is 0 Å². The molecule has 0 saturated heterocycles. The zero-order valence-corrected chi connectivity index (χ0v) is 11.6. The summed E-state index contributed by atoms with van der Waals surface area (Å²) in [7, 11) is 0. The molecule has 100 valence electrons. The Morgan fingerprint density at radius 3 is 2.79 bits per heavy atom. The van der Waals surface area contributed by atoms with Crippen LogP contribution in [0, 0.1) is 6.92 Å². The van der Waals surface area contributed by atoms with Gasteiger partial charge in [0.1, 0.15) is 12.4 Å². The largest absolute Gasteiger partial charge is 0.325 e. The van der Waals surface area contributed by atoms with Gasteiger partial charge in [-0.1, -0.05) is 32.0 Å². The Hall–Kier alpha value is -2.10. The molecule has 0 unspecified atom stereocenters. The molecular formula is C15H19N3O. The molecule has 0 aliphatic heterocycles. The maximum absolute atomic E-state index is 12.0. The van der Waals surface area contributed by atoms with Crippen molar-refractivity contribution < 1.29 is 4.79 Å². The summed E-state index contributed by atoms with van der Waals surface area (Å²) in [5.74, 6) is 1.20. The molecule has 4 nitrogen and oxygen atoms in total. The summed E-state index contributed by atoms with van der Waals surface area (Å²) in [6.07, 6.45) is 3.57. The fourth-order valence-electron chi connectivity index (χ4n) is 2.01. The maximum atomic E-state index is 12.0. The van der Waals surface area contributed by atoms with Crippen molar-refractivity contribution in [2.45, 2.75) is 33.2 Å². The Balaban J connectivity index is 2.06. The Bertz CT molecular complexity index is 572. The van der Waals surface area contributed by atoms with Crippen molar-refractivity contribution in [1.29, 1.82) is 0 Å². The molecule has 0 aliphatic carbocycles. The fraction of sp³-hybridized carbons (Fsp3) is 0.333. The molecule has 1 heterocycles. The van der Waals surface area contributed by atoms with E-state index in [1.165, 1.54) is 0 Å². The highest BCUT2D eigenvalue weighted by Crippen LogP contribution is 2.14. The molecule has 1 amide bonds. The molecule has 19 heavy (non-hydrogen) atoms. The van der Waals surface area contributed by atoms with Crippen LogP contribution in [0.15, 0.2) is 36.7 Å². The molecule has 0 atom stereocenters. The zero-order valence-electron chi connectivity index (χ0n) is 11.6. The predicted molar refractivity (Wildman–Crippen MR) is 76.1 cm³/mol. The van der Waals surface area contributed by atoms with Gasteiger partial charge in [0.25, 0.3) is 0 Å². The van der Waals surface area contributed by atoms with Crippen LogP contribution in [0.2, 0.25) is 0 Å². The van der Waals surface area contributed by atoms with Gasteiger partial charge in [0.15, 0.2) is 0 Å². The first-order chi connectivity index (χ1) is 9.08. The van der Waals surface area contributed by atoms with E-state index in [9.17, 15) is 4.79 Å². The van der Waals surface area contributed by atoms with Crippen LogP contribution in [0.4, 0.5) is 5.69 Å². The number of carbonyl (C=O) groups is 1. The Morgan fingerprint density at radius 2 is 2.11 bits per heavy atom. The van der Waals surface area contributed by atoms with Crippen molar-refractivity contribution in [2.24, 2.45) is 0 Å². The Labute approximate surface area is 113 Å². The summed E-state index contributed by atoms with van der Waals surface area (Å²) in [6.45, 7) is 6.41. The molecule has 0 aliphatic rings. The van der Waals surface area contributed by atoms with Crippen LogP contribution in [0.1, 0.15) is 31.2 Å². The minimum atomic E-state index is -0.0331. The van der Waals surface area contributed by atoms with Crippen LogP contribution in [0.25, 0.3) is 0 Å². The third-order valence-corrected chi connectivity index (χ3v) is 3.00. The van der Waals surface area contributed by atoms with Crippen LogP contribution in [-0.2, 0) is 11.3 Å². The second-order valence-corrected chi connectivity index (χ2v) is 4.93. The number of nitrogens with one attached hydrogen (secondary N) is 1. The summed E-state index contributed by atoms with van der Waals surface area (Å²) >= 11 is 0. The average molecular weight is 257 g/mol. The summed E-state index contributed by atoms with van der Waals surface area (Å²) in [6, 6.07) is 7.76. The summed E-state index contributed by atoms with van der Waals surface area (Å²) < 4.78 is 1.89. The number of aromatic nitrogens is 2. The van der Waals surface area contributed by atoms with E-state index in [0.29, 0.717) is 12.5 Å². The Kier molecular flexibility index (Phi) is 4.00. The number of imidazole rings is 1. The number of aryl methyl sites for hydroxylation is 1. The third kappa shape index (κ3) is 3.22. The number of nitrogens with zero attached hydrogens (tertiary/aromatic N) is 2. The van der Waals surface area contributed by atoms with Gasteiger partial charge in [-0.15, -0.1) is 0 Å². The van der Waals surface area contributed by atoms with Crippen molar-refractivity contribution in [1.82, 2.24) is 9.55 Å². The molecular weight excluding hydrogens is 238 g/mol. The maximum Gasteiger partial charge on any atom is 0.244 e. The number of amides is 1. The van der Waals surface area contributed by atoms with Gasteiger partial charge in [0, 0.05) is 24.0 Å². The van der Waals surface area contributed by atoms with E-state index in [2.05, 4.69) is 24.1 Å². The van der Waals surface area contributed by atoms with E-state index in [-0.39, 0.29) is 5.91 Å². The topological polar surface area (TPSA) is 46.9 Å². The molecule has 0 fully saturated rings. The monoisotopic (exact) mass is 257 g/mol. The molecule has 0 bridgehead atoms. The van der Waals surface area contributed by atoms with Gasteiger partial charge < -0.3 is 9.88 Å². The molecule has 0 spiro atoms. The highest BCUT2D eigenvalue weighted by Gasteiger charge is 2.11. The van der Waals surface area contributed by atoms with Crippen molar-refractivity contribution >= 4 is 11.6 Å².